The molecule has 1 aliphatic heterocycles. The summed E-state index contributed by atoms with van der Waals surface area (Å²) in [6.07, 6.45) is 7.12. The van der Waals surface area contributed by atoms with Crippen LogP contribution in [0.15, 0.2) is 24.3 Å². The molecule has 2 amide bonds. The Morgan fingerprint density at radius 2 is 1.64 bits per heavy atom. The quantitative estimate of drug-likeness (QED) is 0.530. The maximum Gasteiger partial charge on any atom is 0.306 e. The molecule has 0 aromatic heterocycles. The molecule has 5 nitrogen and oxygen atoms in total. The number of hydrogen-bond donors (Lipinski definition) is 0. The highest BCUT2D eigenvalue weighted by molar-refractivity contribution is 6.21. The average molecular weight is 386 g/mol. The highest BCUT2D eigenvalue weighted by atomic mass is 16.6. The van der Waals surface area contributed by atoms with Gasteiger partial charge in [-0.15, -0.1) is 0 Å². The molecule has 1 fully saturated rings. The Bertz CT molecular complexity index is 708. The maximum absolute atomic E-state index is 12.7. The highest BCUT2D eigenvalue weighted by Crippen LogP contribution is 2.32. The second-order valence-corrected chi connectivity index (χ2v) is 9.16. The molecular formula is C23H31NO4. The van der Waals surface area contributed by atoms with E-state index in [1.807, 2.05) is 20.8 Å². The van der Waals surface area contributed by atoms with E-state index in [-0.39, 0.29) is 36.7 Å². The van der Waals surface area contributed by atoms with Crippen molar-refractivity contribution in [2.75, 3.05) is 6.54 Å². The van der Waals surface area contributed by atoms with Crippen molar-refractivity contribution in [2.45, 2.75) is 71.3 Å². The number of rotatable bonds is 6. The first-order valence-electron chi connectivity index (χ1n) is 10.4. The van der Waals surface area contributed by atoms with Gasteiger partial charge in [-0.3, -0.25) is 19.3 Å². The lowest BCUT2D eigenvalue weighted by Crippen LogP contribution is -2.37. The fourth-order valence-electron chi connectivity index (χ4n) is 4.40. The summed E-state index contributed by atoms with van der Waals surface area (Å²) in [4.78, 5) is 39.3. The van der Waals surface area contributed by atoms with Crippen LogP contribution in [0.3, 0.4) is 0 Å². The second kappa shape index (κ2) is 8.46. The molecule has 1 heterocycles. The minimum Gasteiger partial charge on any atom is -0.460 e. The van der Waals surface area contributed by atoms with Crippen LogP contribution in [-0.4, -0.2) is 34.8 Å². The second-order valence-electron chi connectivity index (χ2n) is 9.16. The number of hydrogen-bond acceptors (Lipinski definition) is 4. The zero-order valence-corrected chi connectivity index (χ0v) is 17.2. The van der Waals surface area contributed by atoms with Gasteiger partial charge in [0, 0.05) is 6.54 Å². The monoisotopic (exact) mass is 385 g/mol. The standard InChI is InChI=1S/C23H31NO4/c1-23(2,3)28-20(25)14-17(13-16-9-5-4-6-10-16)15-24-21(26)18-11-7-8-12-19(18)22(24)27/h7-8,11-12,16-17H,4-6,9-10,13-15H2,1-3H3/t17-/m1/s1. The van der Waals surface area contributed by atoms with E-state index in [1.165, 1.54) is 24.2 Å². The maximum atomic E-state index is 12.7. The first-order chi connectivity index (χ1) is 13.2. The summed E-state index contributed by atoms with van der Waals surface area (Å²) in [5.41, 5.74) is 0.379. The third kappa shape index (κ3) is 5.00. The third-order valence-corrected chi connectivity index (χ3v) is 5.59. The third-order valence-electron chi connectivity index (χ3n) is 5.59. The van der Waals surface area contributed by atoms with Crippen molar-refractivity contribution in [3.8, 4) is 0 Å². The Morgan fingerprint density at radius 3 is 2.18 bits per heavy atom. The van der Waals surface area contributed by atoms with Gasteiger partial charge in [-0.05, 0) is 51.2 Å². The van der Waals surface area contributed by atoms with Crippen LogP contribution in [0.4, 0.5) is 0 Å². The number of nitrogens with zero attached hydrogens (tertiary/aromatic N) is 1. The molecule has 0 spiro atoms. The van der Waals surface area contributed by atoms with Gasteiger partial charge in [0.25, 0.3) is 11.8 Å². The predicted octanol–water partition coefficient (Wildman–Crippen LogP) is 4.60. The molecule has 0 radical (unpaired) electrons. The summed E-state index contributed by atoms with van der Waals surface area (Å²) in [6, 6.07) is 6.93. The van der Waals surface area contributed by atoms with E-state index in [1.54, 1.807) is 24.3 Å². The molecule has 5 heteroatoms. The van der Waals surface area contributed by atoms with Gasteiger partial charge in [0.05, 0.1) is 17.5 Å². The van der Waals surface area contributed by atoms with E-state index in [0.29, 0.717) is 17.0 Å². The molecular weight excluding hydrogens is 354 g/mol. The Labute approximate surface area is 167 Å². The Balaban J connectivity index is 1.72. The molecule has 1 saturated carbocycles. The molecule has 1 atom stereocenters. The number of carbonyl (C=O) groups excluding carboxylic acids is 3. The van der Waals surface area contributed by atoms with Crippen molar-refractivity contribution in [3.05, 3.63) is 35.4 Å². The normalized spacial score (nSPS) is 18.9. The van der Waals surface area contributed by atoms with Gasteiger partial charge in [0.15, 0.2) is 0 Å². The van der Waals surface area contributed by atoms with Crippen LogP contribution in [-0.2, 0) is 9.53 Å². The van der Waals surface area contributed by atoms with Crippen LogP contribution in [0.2, 0.25) is 0 Å². The van der Waals surface area contributed by atoms with Gasteiger partial charge in [0.1, 0.15) is 5.60 Å². The van der Waals surface area contributed by atoms with Crippen molar-refractivity contribution in [3.63, 3.8) is 0 Å². The van der Waals surface area contributed by atoms with Crippen LogP contribution in [0.5, 0.6) is 0 Å². The van der Waals surface area contributed by atoms with Crippen molar-refractivity contribution >= 4 is 17.8 Å². The summed E-state index contributed by atoms with van der Waals surface area (Å²) in [5, 5.41) is 0. The van der Waals surface area contributed by atoms with E-state index in [0.717, 1.165) is 19.3 Å². The SMILES string of the molecule is CC(C)(C)OC(=O)C[C@@H](CC1CCCCC1)CN1C(=O)c2ccccc2C1=O. The van der Waals surface area contributed by atoms with Crippen molar-refractivity contribution < 1.29 is 19.1 Å². The number of ether oxygens (including phenoxy) is 1. The fraction of sp³-hybridized carbons (Fsp3) is 0.609. The van der Waals surface area contributed by atoms with Gasteiger partial charge in [0.2, 0.25) is 0 Å². The van der Waals surface area contributed by atoms with Gasteiger partial charge in [-0.1, -0.05) is 44.2 Å². The predicted molar refractivity (Wildman–Crippen MR) is 107 cm³/mol. The van der Waals surface area contributed by atoms with Gasteiger partial charge in [-0.25, -0.2) is 0 Å². The van der Waals surface area contributed by atoms with Crippen LogP contribution in [0, 0.1) is 11.8 Å². The van der Waals surface area contributed by atoms with Crippen LogP contribution in [0.25, 0.3) is 0 Å². The molecule has 152 valence electrons. The number of amides is 2. The van der Waals surface area contributed by atoms with E-state index in [4.69, 9.17) is 4.74 Å². The lowest BCUT2D eigenvalue weighted by Gasteiger charge is -2.29. The van der Waals surface area contributed by atoms with Crippen LogP contribution < -0.4 is 0 Å². The van der Waals surface area contributed by atoms with E-state index in [2.05, 4.69) is 0 Å². The first-order valence-corrected chi connectivity index (χ1v) is 10.4. The Kier molecular flexibility index (Phi) is 6.21. The summed E-state index contributed by atoms with van der Waals surface area (Å²) in [7, 11) is 0. The van der Waals surface area contributed by atoms with E-state index < -0.39 is 5.60 Å². The number of imide groups is 1. The summed E-state index contributed by atoms with van der Waals surface area (Å²) in [6.45, 7) is 5.84. The van der Waals surface area contributed by atoms with E-state index in [9.17, 15) is 14.4 Å². The van der Waals surface area contributed by atoms with Gasteiger partial charge < -0.3 is 4.74 Å². The van der Waals surface area contributed by atoms with Gasteiger partial charge in [-0.2, -0.15) is 0 Å². The number of esters is 1. The molecule has 2 aliphatic rings. The van der Waals surface area contributed by atoms with Crippen LogP contribution >= 0.6 is 0 Å². The molecule has 3 rings (SSSR count). The number of fused-ring (bicyclic) bond motifs is 1. The number of benzene rings is 1. The summed E-state index contributed by atoms with van der Waals surface area (Å²) in [5.74, 6) is -0.279. The lowest BCUT2D eigenvalue weighted by atomic mass is 9.81. The molecule has 1 aromatic rings. The highest BCUT2D eigenvalue weighted by Gasteiger charge is 2.37. The topological polar surface area (TPSA) is 63.7 Å². The molecule has 0 N–H and O–H groups in total. The fourth-order valence-corrected chi connectivity index (χ4v) is 4.40. The molecule has 0 saturated heterocycles. The van der Waals surface area contributed by atoms with E-state index >= 15 is 0 Å². The minimum atomic E-state index is -0.540. The molecule has 0 bridgehead atoms. The first kappa shape index (κ1) is 20.6. The van der Waals surface area contributed by atoms with Crippen molar-refractivity contribution in [2.24, 2.45) is 11.8 Å². The zero-order valence-electron chi connectivity index (χ0n) is 17.2. The number of carbonyl (C=O) groups is 3. The van der Waals surface area contributed by atoms with Crippen molar-refractivity contribution in [1.82, 2.24) is 4.90 Å². The summed E-state index contributed by atoms with van der Waals surface area (Å²) < 4.78 is 5.51. The van der Waals surface area contributed by atoms with Crippen molar-refractivity contribution in [1.29, 1.82) is 0 Å². The summed E-state index contributed by atoms with van der Waals surface area (Å²) >= 11 is 0. The Morgan fingerprint density at radius 1 is 1.07 bits per heavy atom. The smallest absolute Gasteiger partial charge is 0.306 e. The largest absolute Gasteiger partial charge is 0.460 e. The average Bonchev–Trinajstić information content (AvgIpc) is 2.86. The van der Waals surface area contributed by atoms with Gasteiger partial charge >= 0.3 is 5.97 Å². The zero-order chi connectivity index (χ0) is 20.3. The Hall–Kier alpha value is -2.17. The lowest BCUT2D eigenvalue weighted by molar-refractivity contribution is -0.156. The molecule has 28 heavy (non-hydrogen) atoms. The molecule has 0 unspecified atom stereocenters. The molecule has 1 aliphatic carbocycles. The molecule has 1 aromatic carbocycles. The minimum absolute atomic E-state index is 0.0693. The van der Waals surface area contributed by atoms with Crippen LogP contribution in [0.1, 0.15) is 86.4 Å².